The molecule has 174 valence electrons. The first-order valence-electron chi connectivity index (χ1n) is 11.9. The fraction of sp³-hybridized carbons (Fsp3) is 0.556. The second kappa shape index (κ2) is 10.8. The van der Waals surface area contributed by atoms with Crippen molar-refractivity contribution < 1.29 is 24.4 Å². The standard InChI is InChI=1S/C27H36O5/c1-18-6-9-20(27-15-22(29)14-26(17-28)32-27)13-21(18)12-19-7-10-23(11-8-19)31-25-5-3-4-24(16-25)30-2/h6-11,13,22,24-29H,3-5,12,14-17H2,1-2H3/t22-,24-,25+,26-,27+/m0/s1. The summed E-state index contributed by atoms with van der Waals surface area (Å²) >= 11 is 0. The van der Waals surface area contributed by atoms with E-state index >= 15 is 0 Å². The summed E-state index contributed by atoms with van der Waals surface area (Å²) in [5, 5.41) is 19.6. The van der Waals surface area contributed by atoms with Crippen molar-refractivity contribution in [2.24, 2.45) is 0 Å². The van der Waals surface area contributed by atoms with Gasteiger partial charge in [0.05, 0.1) is 31.0 Å². The molecule has 0 amide bonds. The van der Waals surface area contributed by atoms with Crippen LogP contribution in [0.3, 0.4) is 0 Å². The van der Waals surface area contributed by atoms with Gasteiger partial charge in [0.15, 0.2) is 0 Å². The molecule has 0 aromatic heterocycles. The number of rotatable bonds is 7. The number of hydrogen-bond donors (Lipinski definition) is 2. The van der Waals surface area contributed by atoms with Gasteiger partial charge in [0.2, 0.25) is 0 Å². The molecule has 1 saturated heterocycles. The van der Waals surface area contributed by atoms with Crippen LogP contribution in [0.5, 0.6) is 5.75 Å². The van der Waals surface area contributed by atoms with E-state index in [0.717, 1.165) is 43.4 Å². The Bertz CT molecular complexity index is 865. The highest BCUT2D eigenvalue weighted by atomic mass is 16.5. The Morgan fingerprint density at radius 3 is 2.53 bits per heavy atom. The Kier molecular flexibility index (Phi) is 7.84. The topological polar surface area (TPSA) is 68.2 Å². The van der Waals surface area contributed by atoms with Crippen LogP contribution in [0.15, 0.2) is 42.5 Å². The Labute approximate surface area is 191 Å². The van der Waals surface area contributed by atoms with Crippen molar-refractivity contribution in [2.45, 2.75) is 82.4 Å². The maximum Gasteiger partial charge on any atom is 0.119 e. The lowest BCUT2D eigenvalue weighted by molar-refractivity contribution is -0.113. The van der Waals surface area contributed by atoms with Gasteiger partial charge in [-0.1, -0.05) is 30.3 Å². The Morgan fingerprint density at radius 2 is 1.78 bits per heavy atom. The quantitative estimate of drug-likeness (QED) is 0.664. The Balaban J connectivity index is 1.41. The van der Waals surface area contributed by atoms with Crippen LogP contribution in [0.2, 0.25) is 0 Å². The van der Waals surface area contributed by atoms with Crippen molar-refractivity contribution in [3.8, 4) is 5.75 Å². The lowest BCUT2D eigenvalue weighted by Crippen LogP contribution is -2.33. The monoisotopic (exact) mass is 440 g/mol. The summed E-state index contributed by atoms with van der Waals surface area (Å²) in [4.78, 5) is 0. The molecule has 2 aromatic carbocycles. The Morgan fingerprint density at radius 1 is 1.00 bits per heavy atom. The molecule has 0 unspecified atom stereocenters. The number of methoxy groups -OCH3 is 1. The molecule has 1 heterocycles. The fourth-order valence-corrected chi connectivity index (χ4v) is 4.93. The van der Waals surface area contributed by atoms with Crippen molar-refractivity contribution in [2.75, 3.05) is 13.7 Å². The van der Waals surface area contributed by atoms with E-state index in [1.54, 1.807) is 7.11 Å². The van der Waals surface area contributed by atoms with Gasteiger partial charge >= 0.3 is 0 Å². The van der Waals surface area contributed by atoms with E-state index in [4.69, 9.17) is 14.2 Å². The molecule has 2 fully saturated rings. The molecule has 5 heteroatoms. The van der Waals surface area contributed by atoms with Gasteiger partial charge in [0.25, 0.3) is 0 Å². The number of aliphatic hydroxyl groups is 2. The minimum Gasteiger partial charge on any atom is -0.490 e. The van der Waals surface area contributed by atoms with E-state index < -0.39 is 6.10 Å². The molecule has 1 aliphatic carbocycles. The smallest absolute Gasteiger partial charge is 0.119 e. The maximum absolute atomic E-state index is 10.2. The van der Waals surface area contributed by atoms with Gasteiger partial charge in [-0.25, -0.2) is 0 Å². The SMILES string of the molecule is CO[C@H]1CCC[C@@H](Oc2ccc(Cc3cc([C@H]4C[C@@H](O)C[C@@H](CO)O4)ccc3C)cc2)C1. The van der Waals surface area contributed by atoms with Crippen molar-refractivity contribution in [3.05, 3.63) is 64.7 Å². The summed E-state index contributed by atoms with van der Waals surface area (Å²) in [7, 11) is 1.78. The first-order valence-corrected chi connectivity index (χ1v) is 11.9. The average Bonchev–Trinajstić information content (AvgIpc) is 2.81. The van der Waals surface area contributed by atoms with E-state index in [0.29, 0.717) is 18.9 Å². The molecule has 0 bridgehead atoms. The predicted octanol–water partition coefficient (Wildman–Crippen LogP) is 4.50. The zero-order valence-corrected chi connectivity index (χ0v) is 19.2. The molecular formula is C27H36O5. The molecule has 0 radical (unpaired) electrons. The molecule has 2 aromatic rings. The molecule has 2 N–H and O–H groups in total. The van der Waals surface area contributed by atoms with Gasteiger partial charge in [0, 0.05) is 26.4 Å². The summed E-state index contributed by atoms with van der Waals surface area (Å²) < 4.78 is 17.7. The highest BCUT2D eigenvalue weighted by Crippen LogP contribution is 2.33. The third-order valence-electron chi connectivity index (χ3n) is 6.86. The third-order valence-corrected chi connectivity index (χ3v) is 6.86. The van der Waals surface area contributed by atoms with Crippen LogP contribution < -0.4 is 4.74 Å². The highest BCUT2D eigenvalue weighted by molar-refractivity contribution is 5.38. The lowest BCUT2D eigenvalue weighted by atomic mass is 9.92. The molecule has 1 aliphatic heterocycles. The van der Waals surface area contributed by atoms with Gasteiger partial charge in [-0.05, 0) is 67.0 Å². The first kappa shape index (κ1) is 23.2. The van der Waals surface area contributed by atoms with Crippen molar-refractivity contribution in [1.29, 1.82) is 0 Å². The highest BCUT2D eigenvalue weighted by Gasteiger charge is 2.29. The van der Waals surface area contributed by atoms with Gasteiger partial charge in [-0.2, -0.15) is 0 Å². The van der Waals surface area contributed by atoms with Crippen LogP contribution >= 0.6 is 0 Å². The molecule has 32 heavy (non-hydrogen) atoms. The molecular weight excluding hydrogens is 404 g/mol. The van der Waals surface area contributed by atoms with Gasteiger partial charge < -0.3 is 24.4 Å². The van der Waals surface area contributed by atoms with E-state index in [-0.39, 0.29) is 24.9 Å². The molecule has 0 spiro atoms. The molecule has 5 atom stereocenters. The normalized spacial score (nSPS) is 28.4. The zero-order chi connectivity index (χ0) is 22.5. The van der Waals surface area contributed by atoms with Gasteiger partial charge in [-0.3, -0.25) is 0 Å². The van der Waals surface area contributed by atoms with Crippen LogP contribution in [-0.2, 0) is 15.9 Å². The molecule has 1 saturated carbocycles. The molecule has 2 aliphatic rings. The van der Waals surface area contributed by atoms with E-state index in [2.05, 4.69) is 49.4 Å². The van der Waals surface area contributed by atoms with Crippen molar-refractivity contribution in [3.63, 3.8) is 0 Å². The third kappa shape index (κ3) is 5.90. The first-order chi connectivity index (χ1) is 15.5. The van der Waals surface area contributed by atoms with Crippen LogP contribution in [0.1, 0.15) is 66.9 Å². The van der Waals surface area contributed by atoms with E-state index in [9.17, 15) is 10.2 Å². The molecule has 5 nitrogen and oxygen atoms in total. The zero-order valence-electron chi connectivity index (χ0n) is 19.2. The van der Waals surface area contributed by atoms with Crippen LogP contribution in [0.4, 0.5) is 0 Å². The van der Waals surface area contributed by atoms with Crippen molar-refractivity contribution in [1.82, 2.24) is 0 Å². The number of aryl methyl sites for hydroxylation is 1. The average molecular weight is 441 g/mol. The van der Waals surface area contributed by atoms with Crippen LogP contribution in [0.25, 0.3) is 0 Å². The lowest BCUT2D eigenvalue weighted by Gasteiger charge is -2.32. The Hall–Kier alpha value is -1.92. The number of aliphatic hydroxyl groups excluding tert-OH is 2. The largest absolute Gasteiger partial charge is 0.490 e. The number of hydrogen-bond acceptors (Lipinski definition) is 5. The number of ether oxygens (including phenoxy) is 3. The summed E-state index contributed by atoms with van der Waals surface area (Å²) in [6.45, 7) is 2.06. The van der Waals surface area contributed by atoms with E-state index in [1.807, 2.05) is 0 Å². The fourth-order valence-electron chi connectivity index (χ4n) is 4.93. The summed E-state index contributed by atoms with van der Waals surface area (Å²) in [5.41, 5.74) is 4.77. The minimum absolute atomic E-state index is 0.0618. The number of benzene rings is 2. The van der Waals surface area contributed by atoms with E-state index in [1.165, 1.54) is 16.7 Å². The second-order valence-electron chi connectivity index (χ2n) is 9.33. The maximum atomic E-state index is 10.2. The molecule has 4 rings (SSSR count). The summed E-state index contributed by atoms with van der Waals surface area (Å²) in [6, 6.07) is 14.8. The predicted molar refractivity (Wildman–Crippen MR) is 124 cm³/mol. The van der Waals surface area contributed by atoms with Gasteiger partial charge in [-0.15, -0.1) is 0 Å². The van der Waals surface area contributed by atoms with Crippen LogP contribution in [0, 0.1) is 6.92 Å². The second-order valence-corrected chi connectivity index (χ2v) is 9.33. The van der Waals surface area contributed by atoms with Crippen LogP contribution in [-0.4, -0.2) is 48.3 Å². The summed E-state index contributed by atoms with van der Waals surface area (Å²) in [6.07, 6.45) is 5.82. The summed E-state index contributed by atoms with van der Waals surface area (Å²) in [5.74, 6) is 0.917. The van der Waals surface area contributed by atoms with Crippen molar-refractivity contribution >= 4 is 0 Å². The minimum atomic E-state index is -0.438. The van der Waals surface area contributed by atoms with Gasteiger partial charge in [0.1, 0.15) is 11.9 Å².